The van der Waals surface area contributed by atoms with Crippen molar-refractivity contribution in [3.05, 3.63) is 46.0 Å². The zero-order chi connectivity index (χ0) is 12.8. The highest BCUT2D eigenvalue weighted by molar-refractivity contribution is 6.53. The number of carbonyl (C=O) groups is 2. The van der Waals surface area contributed by atoms with E-state index in [-0.39, 0.29) is 6.54 Å². The number of amides is 1. The minimum absolute atomic E-state index is 0.250. The Morgan fingerprint density at radius 2 is 1.71 bits per heavy atom. The lowest BCUT2D eigenvalue weighted by molar-refractivity contribution is -0.132. The van der Waals surface area contributed by atoms with Crippen molar-refractivity contribution in [2.75, 3.05) is 0 Å². The zero-order valence-corrected chi connectivity index (χ0v) is 10.1. The fourth-order valence-electron chi connectivity index (χ4n) is 1.05. The topological polar surface area (TPSA) is 66.4 Å². The third-order valence-corrected chi connectivity index (χ3v) is 2.68. The molecule has 0 saturated carbocycles. The smallest absolute Gasteiger partial charge is 0.349 e. The van der Waals surface area contributed by atoms with Crippen LogP contribution in [0.4, 0.5) is 0 Å². The standard InChI is InChI=1S/C11H9Cl2NO3/c12-8(9(13)11(16)17)10(15)14-6-7-4-2-1-3-5-7/h1-5H,6H2,(H,14,15)(H,16,17)/b9-8-. The van der Waals surface area contributed by atoms with E-state index in [4.69, 9.17) is 28.3 Å². The molecule has 1 aromatic carbocycles. The number of halogens is 2. The fourth-order valence-corrected chi connectivity index (χ4v) is 1.28. The Hall–Kier alpha value is -1.52. The number of hydrogen-bond acceptors (Lipinski definition) is 2. The van der Waals surface area contributed by atoms with E-state index in [0.717, 1.165) is 5.56 Å². The molecule has 0 bridgehead atoms. The van der Waals surface area contributed by atoms with Gasteiger partial charge in [0.2, 0.25) is 0 Å². The van der Waals surface area contributed by atoms with Gasteiger partial charge in [-0.3, -0.25) is 4.79 Å². The van der Waals surface area contributed by atoms with Gasteiger partial charge < -0.3 is 10.4 Å². The van der Waals surface area contributed by atoms with Crippen LogP contribution in [0, 0.1) is 0 Å². The maximum absolute atomic E-state index is 11.4. The second-order valence-electron chi connectivity index (χ2n) is 3.10. The molecule has 0 heterocycles. The molecule has 0 aliphatic carbocycles. The van der Waals surface area contributed by atoms with E-state index in [0.29, 0.717) is 0 Å². The van der Waals surface area contributed by atoms with Gasteiger partial charge in [0.1, 0.15) is 10.1 Å². The van der Waals surface area contributed by atoms with Gasteiger partial charge in [-0.1, -0.05) is 53.5 Å². The summed E-state index contributed by atoms with van der Waals surface area (Å²) in [7, 11) is 0. The van der Waals surface area contributed by atoms with Gasteiger partial charge in [0.25, 0.3) is 5.91 Å². The summed E-state index contributed by atoms with van der Waals surface area (Å²) in [5.74, 6) is -2.16. The van der Waals surface area contributed by atoms with Crippen molar-refractivity contribution in [2.45, 2.75) is 6.54 Å². The van der Waals surface area contributed by atoms with E-state index >= 15 is 0 Å². The molecule has 0 saturated heterocycles. The Bertz CT molecular complexity index is 457. The molecule has 0 radical (unpaired) electrons. The zero-order valence-electron chi connectivity index (χ0n) is 8.61. The Kier molecular flexibility index (Phi) is 5.00. The molecule has 17 heavy (non-hydrogen) atoms. The molecule has 90 valence electrons. The molecule has 0 unspecified atom stereocenters. The summed E-state index contributed by atoms with van der Waals surface area (Å²) in [6, 6.07) is 9.12. The van der Waals surface area contributed by atoms with Crippen LogP contribution < -0.4 is 5.32 Å². The Balaban J connectivity index is 2.62. The Labute approximate surface area is 108 Å². The van der Waals surface area contributed by atoms with E-state index in [1.807, 2.05) is 30.3 Å². The molecule has 0 aliphatic heterocycles. The number of rotatable bonds is 4. The van der Waals surface area contributed by atoms with Gasteiger partial charge in [-0.05, 0) is 5.56 Å². The number of carboxylic acid groups (broad SMARTS) is 1. The molecule has 0 spiro atoms. The first kappa shape index (κ1) is 13.5. The van der Waals surface area contributed by atoms with Crippen molar-refractivity contribution in [3.63, 3.8) is 0 Å². The summed E-state index contributed by atoms with van der Waals surface area (Å²) in [5.41, 5.74) is 0.872. The van der Waals surface area contributed by atoms with Crippen molar-refractivity contribution in [3.8, 4) is 0 Å². The average Bonchev–Trinajstić information content (AvgIpc) is 2.35. The first-order valence-electron chi connectivity index (χ1n) is 4.63. The summed E-state index contributed by atoms with van der Waals surface area (Å²) in [6.07, 6.45) is 0. The van der Waals surface area contributed by atoms with Crippen molar-refractivity contribution in [2.24, 2.45) is 0 Å². The van der Waals surface area contributed by atoms with Crippen molar-refractivity contribution >= 4 is 35.1 Å². The number of carboxylic acids is 1. The second-order valence-corrected chi connectivity index (χ2v) is 3.86. The van der Waals surface area contributed by atoms with Crippen molar-refractivity contribution in [1.82, 2.24) is 5.32 Å². The monoisotopic (exact) mass is 273 g/mol. The molecule has 1 amide bonds. The molecule has 2 N–H and O–H groups in total. The number of nitrogens with one attached hydrogen (secondary N) is 1. The third kappa shape index (κ3) is 4.09. The summed E-state index contributed by atoms with van der Waals surface area (Å²) < 4.78 is 0. The van der Waals surface area contributed by atoms with E-state index in [9.17, 15) is 9.59 Å². The quantitative estimate of drug-likeness (QED) is 0.826. The van der Waals surface area contributed by atoms with Gasteiger partial charge in [-0.25, -0.2) is 4.79 Å². The molecule has 0 fully saturated rings. The highest BCUT2D eigenvalue weighted by Gasteiger charge is 2.16. The maximum Gasteiger partial charge on any atom is 0.349 e. The molecule has 0 aliphatic rings. The Morgan fingerprint density at radius 1 is 1.12 bits per heavy atom. The van der Waals surface area contributed by atoms with Gasteiger partial charge in [0.15, 0.2) is 0 Å². The second kappa shape index (κ2) is 6.27. The molecule has 0 aromatic heterocycles. The summed E-state index contributed by atoms with van der Waals surface area (Å²) in [4.78, 5) is 21.9. The van der Waals surface area contributed by atoms with Crippen LogP contribution in [0.15, 0.2) is 40.4 Å². The molecule has 0 atom stereocenters. The van der Waals surface area contributed by atoms with Crippen LogP contribution in [0.3, 0.4) is 0 Å². The molecule has 6 heteroatoms. The summed E-state index contributed by atoms with van der Waals surface area (Å²) in [5, 5.41) is 9.76. The third-order valence-electron chi connectivity index (χ3n) is 1.88. The molecule has 1 aromatic rings. The number of benzene rings is 1. The van der Waals surface area contributed by atoms with Crippen LogP contribution in [0.5, 0.6) is 0 Å². The number of carbonyl (C=O) groups excluding carboxylic acids is 1. The van der Waals surface area contributed by atoms with Crippen LogP contribution in [0.1, 0.15) is 5.56 Å². The first-order chi connectivity index (χ1) is 8.02. The van der Waals surface area contributed by atoms with Crippen molar-refractivity contribution < 1.29 is 14.7 Å². The van der Waals surface area contributed by atoms with Gasteiger partial charge in [-0.2, -0.15) is 0 Å². The van der Waals surface area contributed by atoms with Gasteiger partial charge in [0, 0.05) is 6.54 Å². The SMILES string of the molecule is O=C(O)/C(Cl)=C(/Cl)C(=O)NCc1ccccc1. The lowest BCUT2D eigenvalue weighted by Gasteiger charge is -2.04. The predicted octanol–water partition coefficient (Wildman–Crippen LogP) is 2.08. The molecular formula is C11H9Cl2NO3. The normalized spacial score (nSPS) is 11.6. The van der Waals surface area contributed by atoms with E-state index in [1.165, 1.54) is 0 Å². The highest BCUT2D eigenvalue weighted by Crippen LogP contribution is 2.14. The predicted molar refractivity (Wildman–Crippen MR) is 64.7 cm³/mol. The lowest BCUT2D eigenvalue weighted by atomic mass is 10.2. The van der Waals surface area contributed by atoms with Gasteiger partial charge in [-0.15, -0.1) is 0 Å². The minimum Gasteiger partial charge on any atom is -0.477 e. The average molecular weight is 274 g/mol. The van der Waals surface area contributed by atoms with Crippen LogP contribution >= 0.6 is 23.2 Å². The molecule has 4 nitrogen and oxygen atoms in total. The Morgan fingerprint density at radius 3 is 2.24 bits per heavy atom. The molecule has 1 rings (SSSR count). The summed E-state index contributed by atoms with van der Waals surface area (Å²) in [6.45, 7) is 0.250. The van der Waals surface area contributed by atoms with E-state index in [2.05, 4.69) is 5.32 Å². The van der Waals surface area contributed by atoms with Crippen LogP contribution in [-0.4, -0.2) is 17.0 Å². The number of aliphatic carboxylic acids is 1. The van der Waals surface area contributed by atoms with Crippen LogP contribution in [0.25, 0.3) is 0 Å². The fraction of sp³-hybridized carbons (Fsp3) is 0.0909. The van der Waals surface area contributed by atoms with Crippen LogP contribution in [0.2, 0.25) is 0 Å². The van der Waals surface area contributed by atoms with E-state index < -0.39 is 21.9 Å². The maximum atomic E-state index is 11.4. The van der Waals surface area contributed by atoms with E-state index in [1.54, 1.807) is 0 Å². The van der Waals surface area contributed by atoms with Gasteiger partial charge >= 0.3 is 5.97 Å². The van der Waals surface area contributed by atoms with Crippen molar-refractivity contribution in [1.29, 1.82) is 0 Å². The lowest BCUT2D eigenvalue weighted by Crippen LogP contribution is -2.24. The van der Waals surface area contributed by atoms with Gasteiger partial charge in [0.05, 0.1) is 0 Å². The highest BCUT2D eigenvalue weighted by atomic mass is 35.5. The number of hydrogen-bond donors (Lipinski definition) is 2. The summed E-state index contributed by atoms with van der Waals surface area (Å²) >= 11 is 10.8. The van der Waals surface area contributed by atoms with Crippen LogP contribution in [-0.2, 0) is 16.1 Å². The largest absolute Gasteiger partial charge is 0.477 e. The minimum atomic E-state index is -1.44. The first-order valence-corrected chi connectivity index (χ1v) is 5.38. The molecular weight excluding hydrogens is 265 g/mol.